The van der Waals surface area contributed by atoms with E-state index < -0.39 is 23.6 Å². The second kappa shape index (κ2) is 6.74. The van der Waals surface area contributed by atoms with Crippen LogP contribution < -0.4 is 11.1 Å². The second-order valence-electron chi connectivity index (χ2n) is 4.80. The number of nitrogens with one attached hydrogen (secondary N) is 1. The maximum atomic E-state index is 13.0. The first kappa shape index (κ1) is 17.9. The molecule has 0 aliphatic carbocycles. The number of carbonyl (C=O) groups excluding carboxylic acids is 1. The number of halogens is 4. The highest BCUT2D eigenvalue weighted by atomic mass is 79.9. The van der Waals surface area contributed by atoms with Crippen LogP contribution in [0.3, 0.4) is 0 Å². The fraction of sp³-hybridized carbons (Fsp3) is 0.385. The van der Waals surface area contributed by atoms with Crippen molar-refractivity contribution in [3.8, 4) is 0 Å². The summed E-state index contributed by atoms with van der Waals surface area (Å²) in [6, 6.07) is 3.50. The maximum Gasteiger partial charge on any atom is 0.418 e. The number of carbonyl (C=O) groups is 1. The van der Waals surface area contributed by atoms with E-state index in [0.717, 1.165) is 6.07 Å². The van der Waals surface area contributed by atoms with Crippen LogP contribution in [0, 0.1) is 11.8 Å². The molecule has 0 aliphatic rings. The summed E-state index contributed by atoms with van der Waals surface area (Å²) >= 11 is 7.78. The van der Waals surface area contributed by atoms with Crippen molar-refractivity contribution >= 4 is 44.7 Å². The minimum absolute atomic E-state index is 0.0480. The molecule has 0 saturated heterocycles. The first-order valence-corrected chi connectivity index (χ1v) is 7.21. The van der Waals surface area contributed by atoms with Gasteiger partial charge in [0.15, 0.2) is 0 Å². The quantitative estimate of drug-likeness (QED) is 0.774. The Labute approximate surface area is 134 Å². The van der Waals surface area contributed by atoms with Gasteiger partial charge >= 0.3 is 6.18 Å². The van der Waals surface area contributed by atoms with Crippen LogP contribution in [0.15, 0.2) is 22.7 Å². The molecule has 3 N–H and O–H groups in total. The Balaban J connectivity index is 3.13. The van der Waals surface area contributed by atoms with Gasteiger partial charge in [-0.05, 0) is 24.1 Å². The second-order valence-corrected chi connectivity index (χ2v) is 6.19. The Morgan fingerprint density at radius 1 is 1.38 bits per heavy atom. The van der Waals surface area contributed by atoms with E-state index in [2.05, 4.69) is 21.2 Å². The largest absolute Gasteiger partial charge is 0.418 e. The predicted molar refractivity (Wildman–Crippen MR) is 82.9 cm³/mol. The SMILES string of the molecule is CC(C)C(C(=O)Nc1ccc(Br)cc1C(F)(F)F)C(N)=S. The molecule has 0 bridgehead atoms. The van der Waals surface area contributed by atoms with Crippen molar-refractivity contribution in [2.24, 2.45) is 17.6 Å². The molecule has 0 aliphatic heterocycles. The highest BCUT2D eigenvalue weighted by Gasteiger charge is 2.35. The topological polar surface area (TPSA) is 55.1 Å². The summed E-state index contributed by atoms with van der Waals surface area (Å²) < 4.78 is 39.2. The van der Waals surface area contributed by atoms with Gasteiger partial charge in [0.1, 0.15) is 0 Å². The van der Waals surface area contributed by atoms with E-state index in [0.29, 0.717) is 0 Å². The molecule has 0 radical (unpaired) electrons. The molecule has 0 aromatic heterocycles. The summed E-state index contributed by atoms with van der Waals surface area (Å²) in [5.74, 6) is -1.69. The van der Waals surface area contributed by atoms with Gasteiger partial charge in [0.25, 0.3) is 0 Å². The molecule has 116 valence electrons. The third kappa shape index (κ3) is 4.67. The summed E-state index contributed by atoms with van der Waals surface area (Å²) in [4.78, 5) is 12.1. The van der Waals surface area contributed by atoms with Crippen molar-refractivity contribution in [3.05, 3.63) is 28.2 Å². The molecule has 0 saturated carbocycles. The monoisotopic (exact) mass is 382 g/mol. The van der Waals surface area contributed by atoms with Gasteiger partial charge in [-0.25, -0.2) is 0 Å². The van der Waals surface area contributed by atoms with Gasteiger partial charge in [0.2, 0.25) is 5.91 Å². The number of hydrogen-bond donors (Lipinski definition) is 2. The van der Waals surface area contributed by atoms with Crippen LogP contribution in [0.4, 0.5) is 18.9 Å². The molecule has 3 nitrogen and oxygen atoms in total. The Morgan fingerprint density at radius 3 is 2.38 bits per heavy atom. The normalized spacial score (nSPS) is 13.1. The predicted octanol–water partition coefficient (Wildman–Crippen LogP) is 3.96. The molecular formula is C13H14BrF3N2OS. The lowest BCUT2D eigenvalue weighted by atomic mass is 9.94. The summed E-state index contributed by atoms with van der Waals surface area (Å²) in [6.45, 7) is 3.44. The van der Waals surface area contributed by atoms with Crippen LogP contribution in [0.5, 0.6) is 0 Å². The van der Waals surface area contributed by atoms with Gasteiger partial charge in [-0.15, -0.1) is 0 Å². The molecule has 1 aromatic rings. The summed E-state index contributed by atoms with van der Waals surface area (Å²) in [5, 5.41) is 2.26. The zero-order valence-electron chi connectivity index (χ0n) is 11.3. The van der Waals surface area contributed by atoms with Gasteiger partial charge < -0.3 is 11.1 Å². The lowest BCUT2D eigenvalue weighted by molar-refractivity contribution is -0.137. The minimum Gasteiger partial charge on any atom is -0.393 e. The summed E-state index contributed by atoms with van der Waals surface area (Å²) in [5.41, 5.74) is 4.22. The minimum atomic E-state index is -4.58. The number of alkyl halides is 3. The van der Waals surface area contributed by atoms with Gasteiger partial charge in [0.05, 0.1) is 22.2 Å². The fourth-order valence-electron chi connectivity index (χ4n) is 1.83. The van der Waals surface area contributed by atoms with Crippen LogP contribution in [0.1, 0.15) is 19.4 Å². The number of amides is 1. The van der Waals surface area contributed by atoms with Crippen LogP contribution >= 0.6 is 28.1 Å². The molecule has 1 atom stereocenters. The molecule has 0 heterocycles. The van der Waals surface area contributed by atoms with Crippen LogP contribution in [0.25, 0.3) is 0 Å². The third-order valence-corrected chi connectivity index (χ3v) is 3.55. The number of hydrogen-bond acceptors (Lipinski definition) is 2. The standard InChI is InChI=1S/C13H14BrF3N2OS/c1-6(2)10(11(18)21)12(20)19-9-4-3-7(14)5-8(9)13(15,16)17/h3-6,10H,1-2H3,(H2,18,21)(H,19,20). The molecule has 21 heavy (non-hydrogen) atoms. The van der Waals surface area contributed by atoms with Gasteiger partial charge in [-0.2, -0.15) is 13.2 Å². The molecule has 1 unspecified atom stereocenters. The average Bonchev–Trinajstić information content (AvgIpc) is 2.28. The van der Waals surface area contributed by atoms with Crippen LogP contribution in [-0.4, -0.2) is 10.9 Å². The zero-order chi connectivity index (χ0) is 16.4. The van der Waals surface area contributed by atoms with Crippen molar-refractivity contribution in [1.29, 1.82) is 0 Å². The summed E-state index contributed by atoms with van der Waals surface area (Å²) in [7, 11) is 0. The van der Waals surface area contributed by atoms with Crippen LogP contribution in [-0.2, 0) is 11.0 Å². The Hall–Kier alpha value is -1.15. The van der Waals surface area contributed by atoms with Gasteiger partial charge in [0, 0.05) is 4.47 Å². The fourth-order valence-corrected chi connectivity index (χ4v) is 2.57. The summed E-state index contributed by atoms with van der Waals surface area (Å²) in [6.07, 6.45) is -4.58. The van der Waals surface area contributed by atoms with Crippen LogP contribution in [0.2, 0.25) is 0 Å². The first-order chi connectivity index (χ1) is 9.54. The number of anilines is 1. The van der Waals surface area contributed by atoms with E-state index in [4.69, 9.17) is 18.0 Å². The van der Waals surface area contributed by atoms with E-state index >= 15 is 0 Å². The Morgan fingerprint density at radius 2 is 1.95 bits per heavy atom. The van der Waals surface area contributed by atoms with E-state index in [-0.39, 0.29) is 21.1 Å². The van der Waals surface area contributed by atoms with Crippen molar-refractivity contribution in [1.82, 2.24) is 0 Å². The lowest BCUT2D eigenvalue weighted by Gasteiger charge is -2.20. The van der Waals surface area contributed by atoms with E-state index in [1.807, 2.05) is 0 Å². The van der Waals surface area contributed by atoms with E-state index in [9.17, 15) is 18.0 Å². The van der Waals surface area contributed by atoms with E-state index in [1.54, 1.807) is 13.8 Å². The van der Waals surface area contributed by atoms with Crippen molar-refractivity contribution < 1.29 is 18.0 Å². The van der Waals surface area contributed by atoms with Crippen molar-refractivity contribution in [3.63, 3.8) is 0 Å². The molecular weight excluding hydrogens is 369 g/mol. The number of rotatable bonds is 4. The first-order valence-electron chi connectivity index (χ1n) is 6.01. The molecule has 0 spiro atoms. The molecule has 8 heteroatoms. The average molecular weight is 383 g/mol. The number of nitrogens with two attached hydrogens (primary N) is 1. The number of benzene rings is 1. The van der Waals surface area contributed by atoms with Crippen molar-refractivity contribution in [2.75, 3.05) is 5.32 Å². The zero-order valence-corrected chi connectivity index (χ0v) is 13.7. The highest BCUT2D eigenvalue weighted by Crippen LogP contribution is 2.36. The molecule has 1 aromatic carbocycles. The smallest absolute Gasteiger partial charge is 0.393 e. The lowest BCUT2D eigenvalue weighted by Crippen LogP contribution is -2.37. The molecule has 1 amide bonds. The van der Waals surface area contributed by atoms with Gasteiger partial charge in [-0.3, -0.25) is 4.79 Å². The molecule has 0 fully saturated rings. The van der Waals surface area contributed by atoms with Gasteiger partial charge in [-0.1, -0.05) is 42.0 Å². The molecule has 1 rings (SSSR count). The Bertz CT molecular complexity index is 561. The number of thiocarbonyl (C=S) groups is 1. The highest BCUT2D eigenvalue weighted by molar-refractivity contribution is 9.10. The van der Waals surface area contributed by atoms with Crippen molar-refractivity contribution in [2.45, 2.75) is 20.0 Å². The van der Waals surface area contributed by atoms with E-state index in [1.165, 1.54) is 12.1 Å². The maximum absolute atomic E-state index is 13.0. The Kier molecular flexibility index (Phi) is 5.75. The third-order valence-electron chi connectivity index (χ3n) is 2.80.